The summed E-state index contributed by atoms with van der Waals surface area (Å²) in [5, 5.41) is 3.62. The summed E-state index contributed by atoms with van der Waals surface area (Å²) in [7, 11) is 0. The number of carbonyl (C=O) groups is 1. The zero-order valence-corrected chi connectivity index (χ0v) is 20.3. The van der Waals surface area contributed by atoms with E-state index >= 15 is 0 Å². The van der Waals surface area contributed by atoms with Gasteiger partial charge in [0.25, 0.3) is 0 Å². The molecule has 0 aliphatic carbocycles. The molecule has 2 fully saturated rings. The fourth-order valence-electron chi connectivity index (χ4n) is 5.02. The smallest absolute Gasteiger partial charge is 0.207 e. The van der Waals surface area contributed by atoms with Crippen molar-refractivity contribution in [3.63, 3.8) is 0 Å². The Hall–Kier alpha value is -3.04. The quantitative estimate of drug-likeness (QED) is 0.442. The van der Waals surface area contributed by atoms with Crippen molar-refractivity contribution in [1.82, 2.24) is 9.88 Å². The minimum Gasteiger partial charge on any atom is -0.382 e. The second-order valence-corrected chi connectivity index (χ2v) is 10.2. The zero-order valence-electron chi connectivity index (χ0n) is 19.5. The van der Waals surface area contributed by atoms with Gasteiger partial charge in [0.1, 0.15) is 22.3 Å². The largest absolute Gasteiger partial charge is 0.382 e. The number of nitrogens with one attached hydrogen (secondary N) is 1. The minimum atomic E-state index is -0.814. The SMILES string of the molecule is Nc1nc(Nc2ccc(N3CCC(N4CCCCC4)CC3)cc2)sc1C(=O)c1cc(F)cc(F)c1. The third-order valence-electron chi connectivity index (χ3n) is 6.84. The van der Waals surface area contributed by atoms with Crippen LogP contribution in [0.1, 0.15) is 47.3 Å². The van der Waals surface area contributed by atoms with E-state index < -0.39 is 17.4 Å². The molecule has 0 saturated carbocycles. The number of nitrogens with zero attached hydrogens (tertiary/aromatic N) is 3. The first-order chi connectivity index (χ1) is 17.0. The molecule has 0 atom stereocenters. The monoisotopic (exact) mass is 497 g/mol. The second kappa shape index (κ2) is 10.3. The molecular formula is C26H29F2N5OS. The Kier molecular flexibility index (Phi) is 6.97. The highest BCUT2D eigenvalue weighted by atomic mass is 32.1. The maximum absolute atomic E-state index is 13.5. The van der Waals surface area contributed by atoms with E-state index in [-0.39, 0.29) is 16.3 Å². The standard InChI is InChI=1S/C26H29F2N5OS/c27-18-14-17(15-19(28)16-18)23(34)24-25(29)31-26(35-24)30-20-4-6-21(7-5-20)33-12-8-22(9-13-33)32-10-2-1-3-11-32/h4-7,14-16,22H,1-3,8-13,29H2,(H,30,31). The summed E-state index contributed by atoms with van der Waals surface area (Å²) in [5.74, 6) is -2.16. The van der Waals surface area contributed by atoms with Gasteiger partial charge in [0.05, 0.1) is 0 Å². The first-order valence-electron chi connectivity index (χ1n) is 12.1. The van der Waals surface area contributed by atoms with Gasteiger partial charge in [-0.25, -0.2) is 13.8 Å². The van der Waals surface area contributed by atoms with E-state index in [9.17, 15) is 13.6 Å². The number of anilines is 4. The molecule has 5 rings (SSSR count). The van der Waals surface area contributed by atoms with Gasteiger partial charge in [-0.3, -0.25) is 4.79 Å². The van der Waals surface area contributed by atoms with Gasteiger partial charge in [0.2, 0.25) is 5.78 Å². The number of thiazole rings is 1. The molecule has 2 aromatic carbocycles. The molecule has 9 heteroatoms. The summed E-state index contributed by atoms with van der Waals surface area (Å²) in [6.45, 7) is 4.61. The van der Waals surface area contributed by atoms with Crippen molar-refractivity contribution in [2.75, 3.05) is 42.1 Å². The topological polar surface area (TPSA) is 74.5 Å². The van der Waals surface area contributed by atoms with E-state index in [0.717, 1.165) is 48.3 Å². The first-order valence-corrected chi connectivity index (χ1v) is 12.9. The van der Waals surface area contributed by atoms with Crippen molar-refractivity contribution in [3.05, 3.63) is 64.5 Å². The molecule has 2 aliphatic heterocycles. The van der Waals surface area contributed by atoms with Crippen LogP contribution in [0.15, 0.2) is 42.5 Å². The number of benzene rings is 2. The second-order valence-electron chi connectivity index (χ2n) is 9.21. The fraction of sp³-hybridized carbons (Fsp3) is 0.385. The fourth-order valence-corrected chi connectivity index (χ4v) is 5.88. The van der Waals surface area contributed by atoms with Crippen molar-refractivity contribution in [2.45, 2.75) is 38.1 Å². The number of halogens is 2. The van der Waals surface area contributed by atoms with Crippen LogP contribution in [0, 0.1) is 11.6 Å². The molecule has 184 valence electrons. The van der Waals surface area contributed by atoms with Gasteiger partial charge in [-0.1, -0.05) is 17.8 Å². The van der Waals surface area contributed by atoms with E-state index in [1.54, 1.807) is 0 Å². The van der Waals surface area contributed by atoms with Crippen molar-refractivity contribution in [3.8, 4) is 0 Å². The molecule has 3 aromatic rings. The number of likely N-dealkylation sites (tertiary alicyclic amines) is 1. The van der Waals surface area contributed by atoms with E-state index in [1.807, 2.05) is 12.1 Å². The molecule has 0 spiro atoms. The van der Waals surface area contributed by atoms with Gasteiger partial charge in [-0.2, -0.15) is 0 Å². The Morgan fingerprint density at radius 3 is 2.29 bits per heavy atom. The molecule has 1 aromatic heterocycles. The number of ketones is 1. The Bertz CT molecular complexity index is 1160. The number of nitrogens with two attached hydrogens (primary N) is 1. The highest BCUT2D eigenvalue weighted by Gasteiger charge is 2.25. The summed E-state index contributed by atoms with van der Waals surface area (Å²) in [4.78, 5) is 22.2. The Morgan fingerprint density at radius 2 is 1.63 bits per heavy atom. The van der Waals surface area contributed by atoms with Gasteiger partial charge in [0, 0.05) is 42.1 Å². The maximum atomic E-state index is 13.5. The van der Waals surface area contributed by atoms with Crippen molar-refractivity contribution in [2.24, 2.45) is 0 Å². The van der Waals surface area contributed by atoms with Crippen LogP contribution in [0.4, 0.5) is 31.1 Å². The maximum Gasteiger partial charge on any atom is 0.207 e. The molecule has 3 heterocycles. The van der Waals surface area contributed by atoms with Gasteiger partial charge < -0.3 is 20.9 Å². The number of aromatic nitrogens is 1. The predicted molar refractivity (Wildman–Crippen MR) is 137 cm³/mol. The van der Waals surface area contributed by atoms with Crippen LogP contribution in [-0.4, -0.2) is 47.9 Å². The van der Waals surface area contributed by atoms with Crippen LogP contribution in [0.25, 0.3) is 0 Å². The van der Waals surface area contributed by atoms with Gasteiger partial charge in [-0.15, -0.1) is 0 Å². The number of nitrogen functional groups attached to an aromatic ring is 1. The highest BCUT2D eigenvalue weighted by molar-refractivity contribution is 7.18. The summed E-state index contributed by atoms with van der Waals surface area (Å²) in [6.07, 6.45) is 6.43. The van der Waals surface area contributed by atoms with Crippen LogP contribution < -0.4 is 16.0 Å². The number of rotatable bonds is 6. The first kappa shape index (κ1) is 23.7. The Labute approximate surface area is 207 Å². The summed E-state index contributed by atoms with van der Waals surface area (Å²) < 4.78 is 27.0. The predicted octanol–water partition coefficient (Wildman–Crippen LogP) is 5.43. The van der Waals surface area contributed by atoms with E-state index in [4.69, 9.17) is 5.73 Å². The average Bonchev–Trinajstić information content (AvgIpc) is 3.24. The Balaban J connectivity index is 1.20. The lowest BCUT2D eigenvalue weighted by Gasteiger charge is -2.41. The number of hydrogen-bond acceptors (Lipinski definition) is 7. The summed E-state index contributed by atoms with van der Waals surface area (Å²) in [5.41, 5.74) is 7.85. The third-order valence-corrected chi connectivity index (χ3v) is 7.82. The summed E-state index contributed by atoms with van der Waals surface area (Å²) in [6, 6.07) is 11.5. The lowest BCUT2D eigenvalue weighted by Crippen LogP contribution is -2.46. The molecular weight excluding hydrogens is 468 g/mol. The summed E-state index contributed by atoms with van der Waals surface area (Å²) >= 11 is 1.06. The molecule has 2 saturated heterocycles. The highest BCUT2D eigenvalue weighted by Crippen LogP contribution is 2.31. The van der Waals surface area contributed by atoms with E-state index in [2.05, 4.69) is 32.2 Å². The lowest BCUT2D eigenvalue weighted by atomic mass is 9.99. The lowest BCUT2D eigenvalue weighted by molar-refractivity contribution is 0.104. The third kappa shape index (κ3) is 5.46. The molecule has 0 unspecified atom stereocenters. The van der Waals surface area contributed by atoms with Crippen LogP contribution in [0.5, 0.6) is 0 Å². The van der Waals surface area contributed by atoms with Crippen LogP contribution in [-0.2, 0) is 0 Å². The van der Waals surface area contributed by atoms with Gasteiger partial charge in [-0.05, 0) is 75.2 Å². The number of piperidine rings is 2. The molecule has 0 radical (unpaired) electrons. The molecule has 2 aliphatic rings. The van der Waals surface area contributed by atoms with Crippen molar-refractivity contribution in [1.29, 1.82) is 0 Å². The zero-order chi connectivity index (χ0) is 24.4. The number of hydrogen-bond donors (Lipinski definition) is 2. The Morgan fingerprint density at radius 1 is 0.971 bits per heavy atom. The normalized spacial score (nSPS) is 17.5. The van der Waals surface area contributed by atoms with E-state index in [1.165, 1.54) is 50.9 Å². The molecule has 6 nitrogen and oxygen atoms in total. The number of carbonyl (C=O) groups excluding carboxylic acids is 1. The molecule has 3 N–H and O–H groups in total. The van der Waals surface area contributed by atoms with Crippen molar-refractivity contribution >= 4 is 39.4 Å². The van der Waals surface area contributed by atoms with E-state index in [0.29, 0.717) is 11.2 Å². The average molecular weight is 498 g/mol. The van der Waals surface area contributed by atoms with Crippen LogP contribution >= 0.6 is 11.3 Å². The minimum absolute atomic E-state index is 0.0281. The van der Waals surface area contributed by atoms with Crippen LogP contribution in [0.3, 0.4) is 0 Å². The van der Waals surface area contributed by atoms with Gasteiger partial charge in [0.15, 0.2) is 5.13 Å². The van der Waals surface area contributed by atoms with Gasteiger partial charge >= 0.3 is 0 Å². The van der Waals surface area contributed by atoms with Crippen LogP contribution in [0.2, 0.25) is 0 Å². The molecule has 35 heavy (non-hydrogen) atoms. The molecule has 0 amide bonds. The van der Waals surface area contributed by atoms with Crippen molar-refractivity contribution < 1.29 is 13.6 Å². The molecule has 0 bridgehead atoms.